The molecule has 0 N–H and O–H groups in total. The average molecular weight is 472 g/mol. The van der Waals surface area contributed by atoms with Crippen LogP contribution in [0.3, 0.4) is 0 Å². The molecular weight excluding hydrogens is 461 g/mol. The maximum Gasteiger partial charge on any atom is 0.325 e. The summed E-state index contributed by atoms with van der Waals surface area (Å²) in [5, 5.41) is 11.2. The Hall–Kier alpha value is -2.53. The third-order valence-electron chi connectivity index (χ3n) is 3.64. The van der Waals surface area contributed by atoms with Crippen LogP contribution in [0.4, 0.5) is 5.00 Å². The van der Waals surface area contributed by atoms with E-state index in [1.165, 1.54) is 36.0 Å². The molecule has 0 unspecified atom stereocenters. The number of nitrogens with zero attached hydrogens (tertiary/aromatic N) is 3. The number of amides is 1. The van der Waals surface area contributed by atoms with Crippen LogP contribution in [-0.4, -0.2) is 28.5 Å². The van der Waals surface area contributed by atoms with Crippen LogP contribution < -0.4 is 4.80 Å². The summed E-state index contributed by atoms with van der Waals surface area (Å²) in [5.74, 6) is -1.15. The first-order valence-corrected chi connectivity index (χ1v) is 10.2. The van der Waals surface area contributed by atoms with E-state index >= 15 is 0 Å². The summed E-state index contributed by atoms with van der Waals surface area (Å²) >= 11 is 14.5. The van der Waals surface area contributed by atoms with Crippen molar-refractivity contribution in [3.05, 3.63) is 60.2 Å². The van der Waals surface area contributed by atoms with Crippen molar-refractivity contribution in [1.82, 2.24) is 4.57 Å². The molecule has 2 aromatic heterocycles. The molecule has 0 aliphatic carbocycles. The van der Waals surface area contributed by atoms with Crippen molar-refractivity contribution in [3.63, 3.8) is 0 Å². The molecule has 0 aliphatic rings. The summed E-state index contributed by atoms with van der Waals surface area (Å²) in [4.78, 5) is 39.1. The fraction of sp³-hybridized carbons (Fsp3) is 0.118. The third kappa shape index (κ3) is 4.73. The zero-order valence-corrected chi connectivity index (χ0v) is 17.8. The van der Waals surface area contributed by atoms with Crippen LogP contribution >= 0.6 is 45.9 Å². The predicted molar refractivity (Wildman–Crippen MR) is 112 cm³/mol. The van der Waals surface area contributed by atoms with Crippen LogP contribution in [-0.2, 0) is 20.9 Å². The van der Waals surface area contributed by atoms with E-state index < -0.39 is 16.8 Å². The molecule has 0 fully saturated rings. The number of nitro groups is 1. The zero-order valence-electron chi connectivity index (χ0n) is 14.6. The van der Waals surface area contributed by atoms with Gasteiger partial charge in [-0.15, -0.1) is 0 Å². The van der Waals surface area contributed by atoms with Gasteiger partial charge < -0.3 is 9.30 Å². The number of ether oxygens (including phenoxy) is 1. The van der Waals surface area contributed by atoms with Gasteiger partial charge in [0.15, 0.2) is 4.80 Å². The maximum atomic E-state index is 12.3. The molecule has 1 aromatic carbocycles. The Balaban J connectivity index is 2.01. The smallest absolute Gasteiger partial charge is 0.325 e. The number of rotatable bonds is 5. The van der Waals surface area contributed by atoms with Crippen molar-refractivity contribution in [2.75, 3.05) is 7.11 Å². The second-order valence-corrected chi connectivity index (χ2v) is 8.36. The first kappa shape index (κ1) is 21.2. The molecule has 0 saturated carbocycles. The van der Waals surface area contributed by atoms with Gasteiger partial charge in [0.1, 0.15) is 6.54 Å². The lowest BCUT2D eigenvalue weighted by Gasteiger charge is -2.05. The highest BCUT2D eigenvalue weighted by molar-refractivity contribution is 7.16. The number of benzene rings is 1. The van der Waals surface area contributed by atoms with Crippen molar-refractivity contribution < 1.29 is 19.2 Å². The normalized spacial score (nSPS) is 12.0. The second-order valence-electron chi connectivity index (χ2n) is 5.47. The number of halogens is 2. The lowest BCUT2D eigenvalue weighted by atomic mass is 10.3. The van der Waals surface area contributed by atoms with Gasteiger partial charge >= 0.3 is 11.0 Å². The van der Waals surface area contributed by atoms with Gasteiger partial charge in [-0.25, -0.2) is 0 Å². The van der Waals surface area contributed by atoms with Crippen molar-refractivity contribution in [1.29, 1.82) is 0 Å². The minimum atomic E-state index is -0.603. The fourth-order valence-corrected chi connectivity index (χ4v) is 4.59. The summed E-state index contributed by atoms with van der Waals surface area (Å²) in [6, 6.07) is 6.21. The standard InChI is InChI=1S/C17H11Cl2N3O5S2/c1-27-14(24)8-21-16-11(5-4-10(18)15(16)19)29-17(21)20-12(23)6-2-9-3-7-13(28-9)22(25)26/h2-7H,8H2,1H3/b6-2+,20-17?. The molecule has 3 rings (SSSR count). The Morgan fingerprint density at radius 1 is 1.28 bits per heavy atom. The molecule has 0 saturated heterocycles. The van der Waals surface area contributed by atoms with Gasteiger partial charge in [-0.2, -0.15) is 4.99 Å². The van der Waals surface area contributed by atoms with Gasteiger partial charge in [-0.3, -0.25) is 19.7 Å². The van der Waals surface area contributed by atoms with Crippen molar-refractivity contribution in [2.24, 2.45) is 4.99 Å². The molecule has 29 heavy (non-hydrogen) atoms. The summed E-state index contributed by atoms with van der Waals surface area (Å²) in [7, 11) is 1.25. The van der Waals surface area contributed by atoms with Crippen LogP contribution in [0, 0.1) is 10.1 Å². The molecule has 0 atom stereocenters. The molecule has 0 aliphatic heterocycles. The number of thiophene rings is 1. The topological polar surface area (TPSA) is 104 Å². The molecule has 1 amide bonds. The monoisotopic (exact) mass is 471 g/mol. The number of aromatic nitrogens is 1. The number of fused-ring (bicyclic) bond motifs is 1. The molecule has 0 radical (unpaired) electrons. The Morgan fingerprint density at radius 3 is 2.69 bits per heavy atom. The Bertz CT molecular complexity index is 1230. The molecule has 150 valence electrons. The van der Waals surface area contributed by atoms with Crippen molar-refractivity contribution in [2.45, 2.75) is 6.54 Å². The van der Waals surface area contributed by atoms with Gasteiger partial charge in [-0.1, -0.05) is 45.9 Å². The van der Waals surface area contributed by atoms with E-state index in [-0.39, 0.29) is 21.4 Å². The first-order chi connectivity index (χ1) is 13.8. The number of hydrogen-bond donors (Lipinski definition) is 0. The largest absolute Gasteiger partial charge is 0.468 e. The van der Waals surface area contributed by atoms with E-state index in [2.05, 4.69) is 4.99 Å². The van der Waals surface area contributed by atoms with Gasteiger partial charge in [0.2, 0.25) is 0 Å². The number of thiazole rings is 1. The Labute approximate surface area is 181 Å². The number of carbonyl (C=O) groups is 2. The Kier molecular flexibility index (Phi) is 6.48. The van der Waals surface area contributed by atoms with Crippen LogP contribution in [0.1, 0.15) is 4.88 Å². The van der Waals surface area contributed by atoms with Crippen LogP contribution in [0.25, 0.3) is 16.3 Å². The third-order valence-corrected chi connectivity index (χ3v) is 6.48. The van der Waals surface area contributed by atoms with E-state index in [1.807, 2.05) is 0 Å². The average Bonchev–Trinajstić information content (AvgIpc) is 3.29. The lowest BCUT2D eigenvalue weighted by molar-refractivity contribution is -0.380. The van der Waals surface area contributed by atoms with E-state index in [1.54, 1.807) is 12.1 Å². The molecule has 2 heterocycles. The summed E-state index contributed by atoms with van der Waals surface area (Å²) < 4.78 is 6.85. The quantitative estimate of drug-likeness (QED) is 0.239. The molecule has 0 spiro atoms. The fourth-order valence-electron chi connectivity index (χ4n) is 2.34. The van der Waals surface area contributed by atoms with E-state index in [9.17, 15) is 19.7 Å². The van der Waals surface area contributed by atoms with E-state index in [4.69, 9.17) is 27.9 Å². The maximum absolute atomic E-state index is 12.3. The molecular formula is C17H11Cl2N3O5S2. The van der Waals surface area contributed by atoms with Crippen molar-refractivity contribution in [3.8, 4) is 0 Å². The molecule has 0 bridgehead atoms. The highest BCUT2D eigenvalue weighted by atomic mass is 35.5. The first-order valence-electron chi connectivity index (χ1n) is 7.85. The SMILES string of the molecule is COC(=O)Cn1c(=NC(=O)/C=C/c2ccc([N+](=O)[O-])s2)sc2ccc(Cl)c(Cl)c21. The number of hydrogen-bond acceptors (Lipinski definition) is 7. The summed E-state index contributed by atoms with van der Waals surface area (Å²) in [5.41, 5.74) is 0.471. The molecule has 3 aromatic rings. The number of methoxy groups -OCH3 is 1. The number of esters is 1. The molecule has 8 nitrogen and oxygen atoms in total. The van der Waals surface area contributed by atoms with Crippen LogP contribution in [0.15, 0.2) is 35.3 Å². The predicted octanol–water partition coefficient (Wildman–Crippen LogP) is 4.29. The Morgan fingerprint density at radius 2 is 2.03 bits per heavy atom. The highest BCUT2D eigenvalue weighted by Crippen LogP contribution is 2.32. The zero-order chi connectivity index (χ0) is 21.1. The van der Waals surface area contributed by atoms with Crippen molar-refractivity contribution >= 4 is 79.0 Å². The highest BCUT2D eigenvalue weighted by Gasteiger charge is 2.16. The van der Waals surface area contributed by atoms with Gasteiger partial charge in [0, 0.05) is 17.0 Å². The van der Waals surface area contributed by atoms with E-state index in [0.717, 1.165) is 22.7 Å². The van der Waals surface area contributed by atoms with Gasteiger partial charge in [-0.05, 0) is 24.3 Å². The summed E-state index contributed by atoms with van der Waals surface area (Å²) in [6.07, 6.45) is 2.63. The minimum absolute atomic E-state index is 0.0269. The second kappa shape index (κ2) is 8.87. The minimum Gasteiger partial charge on any atom is -0.468 e. The van der Waals surface area contributed by atoms with Gasteiger partial charge in [0.25, 0.3) is 5.91 Å². The van der Waals surface area contributed by atoms with Crippen LogP contribution in [0.2, 0.25) is 10.0 Å². The molecule has 12 heteroatoms. The van der Waals surface area contributed by atoms with Crippen LogP contribution in [0.5, 0.6) is 0 Å². The van der Waals surface area contributed by atoms with E-state index in [0.29, 0.717) is 20.1 Å². The van der Waals surface area contributed by atoms with Gasteiger partial charge in [0.05, 0.1) is 32.3 Å². The number of carbonyl (C=O) groups excluding carboxylic acids is 2. The summed E-state index contributed by atoms with van der Waals surface area (Å²) in [6.45, 7) is -0.205. The lowest BCUT2D eigenvalue weighted by Crippen LogP contribution is -2.22.